The molecule has 1 aromatic carbocycles. The fourth-order valence-electron chi connectivity index (χ4n) is 4.61. The molecular weight excluding hydrogens is 429 g/mol. The van der Waals surface area contributed by atoms with Crippen LogP contribution in [0.4, 0.5) is 13.2 Å². The minimum absolute atomic E-state index is 0.0571. The van der Waals surface area contributed by atoms with E-state index < -0.39 is 21.8 Å². The highest BCUT2D eigenvalue weighted by molar-refractivity contribution is 7.89. The molecule has 9 heteroatoms. The first-order chi connectivity index (χ1) is 14.6. The summed E-state index contributed by atoms with van der Waals surface area (Å²) in [7, 11) is -2.19. The predicted octanol–water partition coefficient (Wildman–Crippen LogP) is 4.68. The average Bonchev–Trinajstić information content (AvgIpc) is 2.72. The fraction of sp³-hybridized carbons (Fsp3) is 0.682. The highest BCUT2D eigenvalue weighted by Gasteiger charge is 2.36. The Kier molecular flexibility index (Phi) is 7.68. The number of nitrogens with zero attached hydrogens (tertiary/aromatic N) is 2. The molecule has 3 rings (SSSR count). The van der Waals surface area contributed by atoms with Crippen molar-refractivity contribution in [1.82, 2.24) is 9.21 Å². The first-order valence-electron chi connectivity index (χ1n) is 11.0. The number of carbonyl (C=O) groups excluding carboxylic acids is 1. The second-order valence-electron chi connectivity index (χ2n) is 8.65. The molecule has 0 radical (unpaired) electrons. The zero-order valence-electron chi connectivity index (χ0n) is 17.9. The summed E-state index contributed by atoms with van der Waals surface area (Å²) in [5, 5.41) is 0. The summed E-state index contributed by atoms with van der Waals surface area (Å²) in [6.07, 6.45) is 4.06. The molecule has 1 aliphatic heterocycles. The quantitative estimate of drug-likeness (QED) is 0.656. The molecule has 31 heavy (non-hydrogen) atoms. The van der Waals surface area contributed by atoms with Gasteiger partial charge in [-0.25, -0.2) is 8.42 Å². The number of hydrogen-bond donors (Lipinski definition) is 0. The Labute approximate surface area is 182 Å². The van der Waals surface area contributed by atoms with Gasteiger partial charge in [0.15, 0.2) is 0 Å². The van der Waals surface area contributed by atoms with Gasteiger partial charge < -0.3 is 4.90 Å². The third-order valence-corrected chi connectivity index (χ3v) is 8.47. The molecule has 1 saturated carbocycles. The second-order valence-corrected chi connectivity index (χ2v) is 10.6. The normalized spacial score (nSPS) is 20.8. The third-order valence-electron chi connectivity index (χ3n) is 6.57. The smallest absolute Gasteiger partial charge is 0.343 e. The number of hydrogen-bond acceptors (Lipinski definition) is 3. The van der Waals surface area contributed by atoms with E-state index in [0.29, 0.717) is 18.9 Å². The van der Waals surface area contributed by atoms with Crippen LogP contribution in [0.2, 0.25) is 0 Å². The van der Waals surface area contributed by atoms with Gasteiger partial charge in [-0.05, 0) is 43.9 Å². The van der Waals surface area contributed by atoms with Crippen LogP contribution < -0.4 is 0 Å². The van der Waals surface area contributed by atoms with Gasteiger partial charge in [-0.2, -0.15) is 17.5 Å². The Bertz CT molecular complexity index is 857. The van der Waals surface area contributed by atoms with E-state index in [1.165, 1.54) is 29.6 Å². The van der Waals surface area contributed by atoms with Crippen LogP contribution in [-0.2, 0) is 21.0 Å². The molecule has 1 aromatic rings. The zero-order valence-corrected chi connectivity index (χ0v) is 18.7. The lowest BCUT2D eigenvalue weighted by Crippen LogP contribution is -2.46. The molecule has 0 unspecified atom stereocenters. The number of rotatable bonds is 4. The molecule has 5 nitrogen and oxygen atoms in total. The third kappa shape index (κ3) is 5.80. The molecule has 0 bridgehead atoms. The van der Waals surface area contributed by atoms with Crippen LogP contribution in [0.5, 0.6) is 0 Å². The van der Waals surface area contributed by atoms with Gasteiger partial charge in [0.1, 0.15) is 0 Å². The molecule has 1 amide bonds. The maximum Gasteiger partial charge on any atom is 0.416 e. The van der Waals surface area contributed by atoms with Crippen LogP contribution in [0.3, 0.4) is 0 Å². The Balaban J connectivity index is 1.62. The lowest BCUT2D eigenvalue weighted by atomic mass is 9.92. The number of carbonyl (C=O) groups is 1. The van der Waals surface area contributed by atoms with Crippen LogP contribution in [0.15, 0.2) is 29.2 Å². The summed E-state index contributed by atoms with van der Waals surface area (Å²) < 4.78 is 65.8. The van der Waals surface area contributed by atoms with Crippen LogP contribution >= 0.6 is 0 Å². The first kappa shape index (κ1) is 24.0. The first-order valence-corrected chi connectivity index (χ1v) is 12.5. The van der Waals surface area contributed by atoms with Gasteiger partial charge >= 0.3 is 6.18 Å². The van der Waals surface area contributed by atoms with Crippen molar-refractivity contribution in [2.45, 2.75) is 74.9 Å². The van der Waals surface area contributed by atoms with Crippen molar-refractivity contribution in [2.75, 3.05) is 20.1 Å². The Morgan fingerprint density at radius 1 is 1.00 bits per heavy atom. The van der Waals surface area contributed by atoms with Crippen LogP contribution in [0, 0.1) is 5.92 Å². The van der Waals surface area contributed by atoms with Gasteiger partial charge in [0.25, 0.3) is 0 Å². The number of benzene rings is 1. The minimum Gasteiger partial charge on any atom is -0.343 e. The summed E-state index contributed by atoms with van der Waals surface area (Å²) in [5.41, 5.74) is -0.987. The van der Waals surface area contributed by atoms with Gasteiger partial charge in [-0.3, -0.25) is 4.79 Å². The molecule has 0 N–H and O–H groups in total. The number of sulfonamides is 1. The van der Waals surface area contributed by atoms with Crippen molar-refractivity contribution in [3.63, 3.8) is 0 Å². The molecule has 1 saturated heterocycles. The second kappa shape index (κ2) is 9.90. The van der Waals surface area contributed by atoms with E-state index in [1.807, 2.05) is 11.9 Å². The van der Waals surface area contributed by atoms with Gasteiger partial charge in [0.05, 0.1) is 10.5 Å². The molecule has 0 aromatic heterocycles. The molecular formula is C22H31F3N2O3S. The summed E-state index contributed by atoms with van der Waals surface area (Å²) >= 11 is 0. The number of alkyl halides is 3. The zero-order chi connectivity index (χ0) is 22.6. The van der Waals surface area contributed by atoms with Gasteiger partial charge in [-0.1, -0.05) is 38.2 Å². The van der Waals surface area contributed by atoms with E-state index in [-0.39, 0.29) is 35.9 Å². The van der Waals surface area contributed by atoms with Crippen LogP contribution in [0.1, 0.15) is 63.4 Å². The van der Waals surface area contributed by atoms with E-state index in [4.69, 9.17) is 0 Å². The fourth-order valence-corrected chi connectivity index (χ4v) is 6.13. The van der Waals surface area contributed by atoms with Crippen molar-refractivity contribution in [3.8, 4) is 0 Å². The van der Waals surface area contributed by atoms with E-state index in [0.717, 1.165) is 37.8 Å². The number of piperidine rings is 1. The molecule has 0 spiro atoms. The molecule has 1 heterocycles. The van der Waals surface area contributed by atoms with Gasteiger partial charge in [0.2, 0.25) is 15.9 Å². The highest BCUT2D eigenvalue weighted by Crippen LogP contribution is 2.32. The predicted molar refractivity (Wildman–Crippen MR) is 112 cm³/mol. The number of halogens is 3. The Morgan fingerprint density at radius 2 is 1.58 bits per heavy atom. The Morgan fingerprint density at radius 3 is 2.16 bits per heavy atom. The lowest BCUT2D eigenvalue weighted by Gasteiger charge is -2.36. The van der Waals surface area contributed by atoms with Crippen LogP contribution in [0.25, 0.3) is 0 Å². The van der Waals surface area contributed by atoms with Gasteiger partial charge in [-0.15, -0.1) is 0 Å². The SMILES string of the molecule is CN(C(=O)C1CCN(S(=O)(=O)c2cccc(C(F)(F)F)c2)CC1)C1CCCCCCC1. The largest absolute Gasteiger partial charge is 0.416 e. The highest BCUT2D eigenvalue weighted by atomic mass is 32.2. The summed E-state index contributed by atoms with van der Waals surface area (Å²) in [6, 6.07) is 4.06. The standard InChI is InChI=1S/C22H31F3N2O3S/c1-26(19-9-5-3-2-4-6-10-19)21(28)17-12-14-27(15-13-17)31(29,30)20-11-7-8-18(16-20)22(23,24)25/h7-8,11,16-17,19H,2-6,9-10,12-15H2,1H3. The van der Waals surface area contributed by atoms with Gasteiger partial charge in [0, 0.05) is 32.1 Å². The molecule has 174 valence electrons. The lowest BCUT2D eigenvalue weighted by molar-refractivity contribution is -0.138. The van der Waals surface area contributed by atoms with E-state index in [2.05, 4.69) is 0 Å². The Hall–Kier alpha value is -1.61. The number of amides is 1. The minimum atomic E-state index is -4.60. The van der Waals surface area contributed by atoms with Crippen molar-refractivity contribution < 1.29 is 26.4 Å². The van der Waals surface area contributed by atoms with Crippen molar-refractivity contribution >= 4 is 15.9 Å². The van der Waals surface area contributed by atoms with E-state index in [9.17, 15) is 26.4 Å². The van der Waals surface area contributed by atoms with Crippen molar-refractivity contribution in [2.24, 2.45) is 5.92 Å². The summed E-state index contributed by atoms with van der Waals surface area (Å²) in [4.78, 5) is 14.5. The summed E-state index contributed by atoms with van der Waals surface area (Å²) in [5.74, 6) is -0.190. The molecule has 0 atom stereocenters. The van der Waals surface area contributed by atoms with E-state index in [1.54, 1.807) is 0 Å². The molecule has 2 fully saturated rings. The maximum atomic E-state index is 13.0. The molecule has 1 aliphatic carbocycles. The maximum absolute atomic E-state index is 13.0. The van der Waals surface area contributed by atoms with Crippen molar-refractivity contribution in [1.29, 1.82) is 0 Å². The van der Waals surface area contributed by atoms with E-state index >= 15 is 0 Å². The monoisotopic (exact) mass is 460 g/mol. The van der Waals surface area contributed by atoms with Crippen LogP contribution in [-0.4, -0.2) is 49.7 Å². The average molecular weight is 461 g/mol. The molecule has 2 aliphatic rings. The van der Waals surface area contributed by atoms with Crippen molar-refractivity contribution in [3.05, 3.63) is 29.8 Å². The summed E-state index contributed by atoms with van der Waals surface area (Å²) in [6.45, 7) is 0.265. The topological polar surface area (TPSA) is 57.7 Å².